The molecule has 2 aromatic rings. The molecule has 0 radical (unpaired) electrons. The predicted octanol–water partition coefficient (Wildman–Crippen LogP) is 4.15. The van der Waals surface area contributed by atoms with E-state index in [0.717, 1.165) is 5.56 Å². The number of para-hydroxylation sites is 2. The molecule has 0 unspecified atom stereocenters. The Bertz CT molecular complexity index is 764. The van der Waals surface area contributed by atoms with E-state index in [-0.39, 0.29) is 4.90 Å². The van der Waals surface area contributed by atoms with Crippen LogP contribution in [0.25, 0.3) is 0 Å². The van der Waals surface area contributed by atoms with Crippen molar-refractivity contribution in [2.45, 2.75) is 25.7 Å². The summed E-state index contributed by atoms with van der Waals surface area (Å²) >= 11 is 0. The number of hydrogen-bond acceptors (Lipinski definition) is 3. The standard InChI is InChI=1S/C17H20N2O2S/c1-13(2)12-18-16-6-4-5-7-17(16)19-22(20,21)15-10-8-14(3)9-11-15/h4-13,19H,1-3H3. The van der Waals surface area contributed by atoms with Gasteiger partial charge in [-0.05, 0) is 37.1 Å². The second-order valence-corrected chi connectivity index (χ2v) is 7.14. The molecule has 2 rings (SSSR count). The van der Waals surface area contributed by atoms with E-state index in [4.69, 9.17) is 0 Å². The molecule has 0 saturated carbocycles. The molecule has 0 heterocycles. The fraction of sp³-hybridized carbons (Fsp3) is 0.235. The Hall–Kier alpha value is -2.14. The van der Waals surface area contributed by atoms with Gasteiger partial charge in [0.15, 0.2) is 0 Å². The van der Waals surface area contributed by atoms with Gasteiger partial charge < -0.3 is 0 Å². The normalized spacial score (nSPS) is 12.0. The molecule has 0 saturated heterocycles. The average molecular weight is 316 g/mol. The van der Waals surface area contributed by atoms with Crippen LogP contribution in [0.3, 0.4) is 0 Å². The van der Waals surface area contributed by atoms with Gasteiger partial charge in [-0.15, -0.1) is 0 Å². The fourth-order valence-corrected chi connectivity index (χ4v) is 2.90. The molecule has 0 aliphatic carbocycles. The van der Waals surface area contributed by atoms with Crippen molar-refractivity contribution in [3.63, 3.8) is 0 Å². The van der Waals surface area contributed by atoms with Crippen LogP contribution in [0, 0.1) is 12.8 Å². The van der Waals surface area contributed by atoms with Crippen LogP contribution >= 0.6 is 0 Å². The molecule has 1 N–H and O–H groups in total. The molecule has 116 valence electrons. The molecule has 0 atom stereocenters. The van der Waals surface area contributed by atoms with E-state index in [2.05, 4.69) is 9.71 Å². The monoisotopic (exact) mass is 316 g/mol. The van der Waals surface area contributed by atoms with E-state index >= 15 is 0 Å². The zero-order valence-corrected chi connectivity index (χ0v) is 13.8. The lowest BCUT2D eigenvalue weighted by Crippen LogP contribution is -2.13. The molecular weight excluding hydrogens is 296 g/mol. The molecule has 4 nitrogen and oxygen atoms in total. The number of nitrogens with zero attached hydrogens (tertiary/aromatic N) is 1. The first-order valence-electron chi connectivity index (χ1n) is 7.11. The van der Waals surface area contributed by atoms with Crippen molar-refractivity contribution in [2.24, 2.45) is 10.9 Å². The van der Waals surface area contributed by atoms with E-state index in [9.17, 15) is 8.42 Å². The lowest BCUT2D eigenvalue weighted by atomic mass is 10.2. The van der Waals surface area contributed by atoms with E-state index in [1.807, 2.05) is 26.8 Å². The average Bonchev–Trinajstić information content (AvgIpc) is 2.46. The van der Waals surface area contributed by atoms with Gasteiger partial charge in [0.25, 0.3) is 10.0 Å². The van der Waals surface area contributed by atoms with Crippen molar-refractivity contribution < 1.29 is 8.42 Å². The van der Waals surface area contributed by atoms with Crippen molar-refractivity contribution >= 4 is 27.6 Å². The van der Waals surface area contributed by atoms with Crippen LogP contribution in [-0.4, -0.2) is 14.6 Å². The number of anilines is 1. The number of sulfonamides is 1. The van der Waals surface area contributed by atoms with Crippen molar-refractivity contribution in [3.8, 4) is 0 Å². The Morgan fingerprint density at radius 3 is 2.32 bits per heavy atom. The lowest BCUT2D eigenvalue weighted by Gasteiger charge is -2.10. The van der Waals surface area contributed by atoms with Crippen LogP contribution in [0.1, 0.15) is 19.4 Å². The number of aryl methyl sites for hydroxylation is 1. The van der Waals surface area contributed by atoms with Gasteiger partial charge in [0.1, 0.15) is 0 Å². The first kappa shape index (κ1) is 16.2. The van der Waals surface area contributed by atoms with Crippen LogP contribution in [0.15, 0.2) is 58.4 Å². The van der Waals surface area contributed by atoms with E-state index in [1.165, 1.54) is 0 Å². The van der Waals surface area contributed by atoms with Gasteiger partial charge in [0.05, 0.1) is 16.3 Å². The van der Waals surface area contributed by atoms with Gasteiger partial charge in [-0.1, -0.05) is 43.7 Å². The van der Waals surface area contributed by atoms with Gasteiger partial charge in [0.2, 0.25) is 0 Å². The maximum Gasteiger partial charge on any atom is 0.261 e. The van der Waals surface area contributed by atoms with Crippen molar-refractivity contribution in [2.75, 3.05) is 4.72 Å². The van der Waals surface area contributed by atoms with Crippen molar-refractivity contribution in [3.05, 3.63) is 54.1 Å². The second-order valence-electron chi connectivity index (χ2n) is 5.46. The highest BCUT2D eigenvalue weighted by molar-refractivity contribution is 7.92. The number of nitrogens with one attached hydrogen (secondary N) is 1. The number of aliphatic imine (C=N–C) groups is 1. The molecule has 0 aromatic heterocycles. The third-order valence-electron chi connectivity index (χ3n) is 2.99. The van der Waals surface area contributed by atoms with E-state index in [0.29, 0.717) is 17.3 Å². The van der Waals surface area contributed by atoms with Crippen LogP contribution < -0.4 is 4.72 Å². The molecule has 0 fully saturated rings. The highest BCUT2D eigenvalue weighted by Crippen LogP contribution is 2.27. The summed E-state index contributed by atoms with van der Waals surface area (Å²) in [5.74, 6) is 0.293. The lowest BCUT2D eigenvalue weighted by molar-refractivity contribution is 0.601. The van der Waals surface area contributed by atoms with Gasteiger partial charge in [-0.2, -0.15) is 0 Å². The van der Waals surface area contributed by atoms with E-state index in [1.54, 1.807) is 48.7 Å². The van der Waals surface area contributed by atoms with Gasteiger partial charge in [-0.25, -0.2) is 8.42 Å². The Morgan fingerprint density at radius 1 is 1.05 bits per heavy atom. The Balaban J connectivity index is 2.32. The Labute approximate surface area is 132 Å². The van der Waals surface area contributed by atoms with Gasteiger partial charge in [0, 0.05) is 6.21 Å². The highest BCUT2D eigenvalue weighted by Gasteiger charge is 2.15. The summed E-state index contributed by atoms with van der Waals surface area (Å²) in [6.07, 6.45) is 1.79. The summed E-state index contributed by atoms with van der Waals surface area (Å²) in [4.78, 5) is 4.58. The molecule has 0 amide bonds. The summed E-state index contributed by atoms with van der Waals surface area (Å²) in [6.45, 7) is 5.95. The summed E-state index contributed by atoms with van der Waals surface area (Å²) in [5, 5.41) is 0. The summed E-state index contributed by atoms with van der Waals surface area (Å²) in [6, 6.07) is 13.8. The summed E-state index contributed by atoms with van der Waals surface area (Å²) < 4.78 is 27.5. The van der Waals surface area contributed by atoms with Crippen LogP contribution in [-0.2, 0) is 10.0 Å². The zero-order chi connectivity index (χ0) is 16.2. The minimum atomic E-state index is -3.62. The first-order valence-corrected chi connectivity index (χ1v) is 8.59. The summed E-state index contributed by atoms with van der Waals surface area (Å²) in [7, 11) is -3.62. The van der Waals surface area contributed by atoms with Gasteiger partial charge in [-0.3, -0.25) is 9.71 Å². The second kappa shape index (κ2) is 6.75. The van der Waals surface area contributed by atoms with Crippen molar-refractivity contribution in [1.82, 2.24) is 0 Å². The SMILES string of the molecule is Cc1ccc(S(=O)(=O)Nc2ccccc2N=CC(C)C)cc1. The number of benzene rings is 2. The minimum absolute atomic E-state index is 0.237. The largest absolute Gasteiger partial charge is 0.277 e. The predicted molar refractivity (Wildman–Crippen MR) is 91.4 cm³/mol. The zero-order valence-electron chi connectivity index (χ0n) is 12.9. The molecule has 0 spiro atoms. The van der Waals surface area contributed by atoms with E-state index < -0.39 is 10.0 Å². The van der Waals surface area contributed by atoms with Crippen molar-refractivity contribution in [1.29, 1.82) is 0 Å². The maximum atomic E-state index is 12.4. The molecule has 5 heteroatoms. The molecule has 0 aliphatic rings. The third kappa shape index (κ3) is 4.18. The van der Waals surface area contributed by atoms with Gasteiger partial charge >= 0.3 is 0 Å². The smallest absolute Gasteiger partial charge is 0.261 e. The van der Waals surface area contributed by atoms with Crippen LogP contribution in [0.5, 0.6) is 0 Å². The third-order valence-corrected chi connectivity index (χ3v) is 4.37. The molecule has 0 bridgehead atoms. The molecule has 22 heavy (non-hydrogen) atoms. The fourth-order valence-electron chi connectivity index (χ4n) is 1.82. The number of rotatable bonds is 5. The number of hydrogen-bond donors (Lipinski definition) is 1. The van der Waals surface area contributed by atoms with Crippen LogP contribution in [0.4, 0.5) is 11.4 Å². The topological polar surface area (TPSA) is 58.5 Å². The quantitative estimate of drug-likeness (QED) is 0.842. The highest BCUT2D eigenvalue weighted by atomic mass is 32.2. The van der Waals surface area contributed by atoms with Crippen LogP contribution in [0.2, 0.25) is 0 Å². The summed E-state index contributed by atoms with van der Waals surface area (Å²) in [5.41, 5.74) is 2.09. The Morgan fingerprint density at radius 2 is 1.68 bits per heavy atom. The molecule has 0 aliphatic heterocycles. The molecular formula is C17H20N2O2S. The first-order chi connectivity index (χ1) is 10.4. The minimum Gasteiger partial charge on any atom is -0.277 e. The molecule has 2 aromatic carbocycles. The Kier molecular flexibility index (Phi) is 4.98. The maximum absolute atomic E-state index is 12.4.